The van der Waals surface area contributed by atoms with Crippen molar-refractivity contribution in [2.45, 2.75) is 6.16 Å². The van der Waals surface area contributed by atoms with Crippen LogP contribution in [0.25, 0.3) is 11.0 Å². The first-order chi connectivity index (χ1) is 6.31. The number of fused-ring (bicyclic) bond motifs is 1. The molecule has 2 aromatic rings. The van der Waals surface area contributed by atoms with Gasteiger partial charge in [0.25, 0.3) is 0 Å². The summed E-state index contributed by atoms with van der Waals surface area (Å²) in [6, 6.07) is 9.38. The van der Waals surface area contributed by atoms with Gasteiger partial charge in [0.2, 0.25) is 0 Å². The second-order valence-corrected chi connectivity index (χ2v) is 3.21. The molecule has 1 unspecified atom stereocenters. The third-order valence-corrected chi connectivity index (χ3v) is 2.37. The van der Waals surface area contributed by atoms with Crippen molar-refractivity contribution >= 4 is 20.2 Å². The fourth-order valence-corrected chi connectivity index (χ4v) is 1.53. The molecule has 1 aromatic carbocycles. The summed E-state index contributed by atoms with van der Waals surface area (Å²) in [7, 11) is 2.52. The van der Waals surface area contributed by atoms with Gasteiger partial charge in [-0.15, -0.1) is 9.24 Å². The summed E-state index contributed by atoms with van der Waals surface area (Å²) in [6.07, 6.45) is 0.632. The number of benzene rings is 1. The van der Waals surface area contributed by atoms with Gasteiger partial charge < -0.3 is 4.42 Å². The van der Waals surface area contributed by atoms with Crippen LogP contribution >= 0.6 is 9.24 Å². The van der Waals surface area contributed by atoms with Crippen LogP contribution in [0.5, 0.6) is 0 Å². The van der Waals surface area contributed by atoms with Crippen LogP contribution in [0.1, 0.15) is 5.56 Å². The average Bonchev–Trinajstić information content (AvgIpc) is 2.17. The molecule has 0 saturated carbocycles. The van der Waals surface area contributed by atoms with E-state index in [-0.39, 0.29) is 5.63 Å². The first-order valence-corrected chi connectivity index (χ1v) is 4.85. The highest BCUT2D eigenvalue weighted by molar-refractivity contribution is 7.15. The Bertz CT molecular complexity index is 487. The van der Waals surface area contributed by atoms with Crippen LogP contribution in [0.15, 0.2) is 39.5 Å². The smallest absolute Gasteiger partial charge is 0.339 e. The van der Waals surface area contributed by atoms with Gasteiger partial charge in [-0.3, -0.25) is 0 Å². The second kappa shape index (κ2) is 3.31. The van der Waals surface area contributed by atoms with Crippen molar-refractivity contribution in [1.82, 2.24) is 0 Å². The van der Waals surface area contributed by atoms with Gasteiger partial charge in [0, 0.05) is 10.9 Å². The Balaban J connectivity index is 2.81. The Morgan fingerprint density at radius 1 is 1.31 bits per heavy atom. The minimum absolute atomic E-state index is 0.242. The lowest BCUT2D eigenvalue weighted by molar-refractivity contribution is 0.554. The van der Waals surface area contributed by atoms with Crippen molar-refractivity contribution in [3.8, 4) is 0 Å². The lowest BCUT2D eigenvalue weighted by Crippen LogP contribution is -2.04. The molecule has 2 rings (SSSR count). The highest BCUT2D eigenvalue weighted by Gasteiger charge is 2.01. The normalized spacial score (nSPS) is 10.5. The van der Waals surface area contributed by atoms with Crippen molar-refractivity contribution in [2.75, 3.05) is 0 Å². The molecular weight excluding hydrogens is 183 g/mol. The van der Waals surface area contributed by atoms with E-state index in [4.69, 9.17) is 4.42 Å². The molecule has 0 saturated heterocycles. The van der Waals surface area contributed by atoms with Crippen LogP contribution in [0, 0.1) is 0 Å². The molecule has 0 radical (unpaired) electrons. The standard InChI is InChI=1S/C10H9O2P/c11-10-8(6-13)5-7-3-1-2-4-9(7)12-10/h1-5H,6,13H2. The molecule has 66 valence electrons. The molecule has 1 aromatic heterocycles. The SMILES string of the molecule is O=c1oc2ccccc2cc1CP. The van der Waals surface area contributed by atoms with Crippen LogP contribution < -0.4 is 5.63 Å². The van der Waals surface area contributed by atoms with E-state index < -0.39 is 0 Å². The second-order valence-electron chi connectivity index (χ2n) is 2.80. The van der Waals surface area contributed by atoms with Crippen LogP contribution in [-0.2, 0) is 6.16 Å². The quantitative estimate of drug-likeness (QED) is 0.512. The van der Waals surface area contributed by atoms with Crippen molar-refractivity contribution in [3.63, 3.8) is 0 Å². The molecule has 0 bridgehead atoms. The Morgan fingerprint density at radius 2 is 2.08 bits per heavy atom. The molecule has 0 aliphatic carbocycles. The Kier molecular flexibility index (Phi) is 2.15. The molecule has 0 spiro atoms. The van der Waals surface area contributed by atoms with E-state index in [1.807, 2.05) is 24.3 Å². The zero-order valence-corrected chi connectivity index (χ0v) is 8.14. The fourth-order valence-electron chi connectivity index (χ4n) is 1.25. The maximum atomic E-state index is 11.3. The van der Waals surface area contributed by atoms with Crippen LogP contribution in [0.2, 0.25) is 0 Å². The molecule has 0 amide bonds. The lowest BCUT2D eigenvalue weighted by atomic mass is 10.2. The fraction of sp³-hybridized carbons (Fsp3) is 0.100. The van der Waals surface area contributed by atoms with E-state index in [0.717, 1.165) is 5.39 Å². The van der Waals surface area contributed by atoms with Gasteiger partial charge in [-0.1, -0.05) is 18.2 Å². The first kappa shape index (κ1) is 8.46. The van der Waals surface area contributed by atoms with E-state index in [9.17, 15) is 4.79 Å². The summed E-state index contributed by atoms with van der Waals surface area (Å²) in [5.41, 5.74) is 1.10. The van der Waals surface area contributed by atoms with Gasteiger partial charge in [-0.25, -0.2) is 4.79 Å². The number of hydrogen-bond acceptors (Lipinski definition) is 2. The first-order valence-electron chi connectivity index (χ1n) is 4.03. The Labute approximate surface area is 77.8 Å². The minimum atomic E-state index is -0.242. The molecule has 2 nitrogen and oxygen atoms in total. The van der Waals surface area contributed by atoms with Crippen LogP contribution in [0.4, 0.5) is 0 Å². The number of para-hydroxylation sites is 1. The molecule has 3 heteroatoms. The molecule has 0 aliphatic heterocycles. The third kappa shape index (κ3) is 1.50. The highest BCUT2D eigenvalue weighted by atomic mass is 31.0. The van der Waals surface area contributed by atoms with Crippen molar-refractivity contribution < 1.29 is 4.42 Å². The predicted molar refractivity (Wildman–Crippen MR) is 55.9 cm³/mol. The summed E-state index contributed by atoms with van der Waals surface area (Å²) in [5.74, 6) is 0. The summed E-state index contributed by atoms with van der Waals surface area (Å²) in [4.78, 5) is 11.3. The van der Waals surface area contributed by atoms with Crippen LogP contribution in [0.3, 0.4) is 0 Å². The zero-order valence-electron chi connectivity index (χ0n) is 6.99. The topological polar surface area (TPSA) is 30.2 Å². The summed E-state index contributed by atoms with van der Waals surface area (Å²) >= 11 is 0. The van der Waals surface area contributed by atoms with E-state index in [0.29, 0.717) is 17.3 Å². The Hall–Kier alpha value is -1.14. The van der Waals surface area contributed by atoms with Crippen molar-refractivity contribution in [2.24, 2.45) is 0 Å². The molecule has 0 fully saturated rings. The van der Waals surface area contributed by atoms with E-state index in [2.05, 4.69) is 9.24 Å². The van der Waals surface area contributed by atoms with Gasteiger partial charge in [-0.2, -0.15) is 0 Å². The van der Waals surface area contributed by atoms with E-state index in [1.54, 1.807) is 6.07 Å². The third-order valence-electron chi connectivity index (χ3n) is 1.93. The molecule has 13 heavy (non-hydrogen) atoms. The Morgan fingerprint density at radius 3 is 2.85 bits per heavy atom. The number of rotatable bonds is 1. The van der Waals surface area contributed by atoms with E-state index in [1.165, 1.54) is 0 Å². The summed E-state index contributed by atoms with van der Waals surface area (Å²) < 4.78 is 5.11. The highest BCUT2D eigenvalue weighted by Crippen LogP contribution is 2.13. The average molecular weight is 192 g/mol. The summed E-state index contributed by atoms with van der Waals surface area (Å²) in [5, 5.41) is 0.972. The van der Waals surface area contributed by atoms with Gasteiger partial charge in [0.05, 0.1) is 0 Å². The number of hydrogen-bond donors (Lipinski definition) is 0. The maximum Gasteiger partial charge on any atom is 0.339 e. The van der Waals surface area contributed by atoms with Crippen molar-refractivity contribution in [3.05, 3.63) is 46.3 Å². The van der Waals surface area contributed by atoms with Gasteiger partial charge in [-0.05, 0) is 18.3 Å². The predicted octanol–water partition coefficient (Wildman–Crippen LogP) is 2.17. The monoisotopic (exact) mass is 192 g/mol. The van der Waals surface area contributed by atoms with Crippen molar-refractivity contribution in [1.29, 1.82) is 0 Å². The largest absolute Gasteiger partial charge is 0.423 e. The van der Waals surface area contributed by atoms with Gasteiger partial charge in [0.1, 0.15) is 5.58 Å². The molecule has 1 atom stereocenters. The van der Waals surface area contributed by atoms with Gasteiger partial charge >= 0.3 is 5.63 Å². The van der Waals surface area contributed by atoms with Crippen LogP contribution in [-0.4, -0.2) is 0 Å². The molecule has 1 heterocycles. The summed E-state index contributed by atoms with van der Waals surface area (Å²) in [6.45, 7) is 0. The minimum Gasteiger partial charge on any atom is -0.423 e. The maximum absolute atomic E-state index is 11.3. The van der Waals surface area contributed by atoms with Gasteiger partial charge in [0.15, 0.2) is 0 Å². The molecular formula is C10H9O2P. The zero-order chi connectivity index (χ0) is 9.26. The molecule has 0 aliphatic rings. The van der Waals surface area contributed by atoms with E-state index >= 15 is 0 Å². The lowest BCUT2D eigenvalue weighted by Gasteiger charge is -1.97. The molecule has 0 N–H and O–H groups in total.